The van der Waals surface area contributed by atoms with E-state index >= 15 is 0 Å². The molecule has 2 atom stereocenters. The predicted octanol–water partition coefficient (Wildman–Crippen LogP) is 3.20. The first kappa shape index (κ1) is 17.1. The van der Waals surface area contributed by atoms with E-state index in [-0.39, 0.29) is 35.6 Å². The Bertz CT molecular complexity index is 713. The average molecular weight is 393 g/mol. The number of rotatable bonds is 3. The van der Waals surface area contributed by atoms with Gasteiger partial charge < -0.3 is 5.32 Å². The van der Waals surface area contributed by atoms with Crippen LogP contribution in [0.3, 0.4) is 0 Å². The zero-order valence-corrected chi connectivity index (χ0v) is 15.6. The number of likely N-dealkylation sites (tertiary alicyclic amines) is 1. The number of imide groups is 1. The second-order valence-electron chi connectivity index (χ2n) is 7.43. The van der Waals surface area contributed by atoms with E-state index in [0.717, 1.165) is 9.37 Å². The fourth-order valence-electron chi connectivity index (χ4n) is 3.93. The topological polar surface area (TPSA) is 66.5 Å². The van der Waals surface area contributed by atoms with Crippen LogP contribution in [-0.4, -0.2) is 29.2 Å². The molecule has 1 aromatic carbocycles. The summed E-state index contributed by atoms with van der Waals surface area (Å²) < 4.78 is 0.911. The third-order valence-corrected chi connectivity index (χ3v) is 6.47. The fraction of sp³-hybridized carbons (Fsp3) is 0.500. The van der Waals surface area contributed by atoms with Crippen molar-refractivity contribution in [2.45, 2.75) is 33.6 Å². The van der Waals surface area contributed by atoms with Crippen LogP contribution >= 0.6 is 15.9 Å². The van der Waals surface area contributed by atoms with Crippen molar-refractivity contribution < 1.29 is 14.4 Å². The van der Waals surface area contributed by atoms with Crippen molar-refractivity contribution in [2.24, 2.45) is 16.7 Å². The number of nitrogens with one attached hydrogen (secondary N) is 1. The van der Waals surface area contributed by atoms with Crippen LogP contribution in [0.1, 0.15) is 33.6 Å². The van der Waals surface area contributed by atoms with E-state index in [9.17, 15) is 14.4 Å². The van der Waals surface area contributed by atoms with Gasteiger partial charge in [-0.3, -0.25) is 19.3 Å². The number of amides is 3. The molecule has 128 valence electrons. The number of carbonyl (C=O) groups is 3. The van der Waals surface area contributed by atoms with Gasteiger partial charge in [-0.1, -0.05) is 36.7 Å². The molecule has 1 heterocycles. The molecule has 1 saturated carbocycles. The van der Waals surface area contributed by atoms with E-state index in [1.165, 1.54) is 0 Å². The van der Waals surface area contributed by atoms with Crippen molar-refractivity contribution >= 4 is 39.3 Å². The maximum absolute atomic E-state index is 12.9. The Hall–Kier alpha value is -1.69. The first-order valence-electron chi connectivity index (χ1n) is 8.08. The molecule has 5 nitrogen and oxygen atoms in total. The largest absolute Gasteiger partial charge is 0.325 e. The number of nitrogens with zero attached hydrogens (tertiary/aromatic N) is 1. The Kier molecular flexibility index (Phi) is 4.06. The molecule has 2 aliphatic rings. The summed E-state index contributed by atoms with van der Waals surface area (Å²) in [6.07, 6.45) is 1.40. The lowest BCUT2D eigenvalue weighted by molar-refractivity contribution is -0.168. The lowest BCUT2D eigenvalue weighted by atomic mass is 9.62. The van der Waals surface area contributed by atoms with Crippen molar-refractivity contribution in [2.75, 3.05) is 11.9 Å². The van der Waals surface area contributed by atoms with Crippen molar-refractivity contribution in [1.82, 2.24) is 4.90 Å². The number of anilines is 1. The molecule has 2 unspecified atom stereocenters. The molecular formula is C18H21BrN2O3. The van der Waals surface area contributed by atoms with Crippen LogP contribution in [0.5, 0.6) is 0 Å². The van der Waals surface area contributed by atoms with E-state index in [4.69, 9.17) is 0 Å². The normalized spacial score (nSPS) is 28.2. The lowest BCUT2D eigenvalue weighted by Gasteiger charge is -2.47. The van der Waals surface area contributed by atoms with Gasteiger partial charge in [0.25, 0.3) is 0 Å². The van der Waals surface area contributed by atoms with Gasteiger partial charge >= 0.3 is 0 Å². The summed E-state index contributed by atoms with van der Waals surface area (Å²) in [5, 5.41) is 2.73. The van der Waals surface area contributed by atoms with Crippen LogP contribution in [0, 0.1) is 16.7 Å². The minimum atomic E-state index is -0.580. The van der Waals surface area contributed by atoms with E-state index < -0.39 is 5.41 Å². The number of hydrogen-bond acceptors (Lipinski definition) is 3. The molecule has 6 heteroatoms. The van der Waals surface area contributed by atoms with Gasteiger partial charge in [0.05, 0.1) is 5.41 Å². The highest BCUT2D eigenvalue weighted by atomic mass is 79.9. The molecule has 2 fully saturated rings. The van der Waals surface area contributed by atoms with Gasteiger partial charge in [-0.2, -0.15) is 0 Å². The van der Waals surface area contributed by atoms with Crippen molar-refractivity contribution in [3.63, 3.8) is 0 Å². The van der Waals surface area contributed by atoms with Gasteiger partial charge in [-0.25, -0.2) is 0 Å². The van der Waals surface area contributed by atoms with Crippen molar-refractivity contribution in [1.29, 1.82) is 0 Å². The van der Waals surface area contributed by atoms with E-state index in [2.05, 4.69) is 21.2 Å². The average Bonchev–Trinajstić information content (AvgIpc) is 2.71. The van der Waals surface area contributed by atoms with Crippen LogP contribution in [0.4, 0.5) is 5.69 Å². The second kappa shape index (κ2) is 5.69. The SMILES string of the molecule is CC12CCC(C(=O)N(CC(=O)Nc3ccc(Br)cc3)C1=O)C2(C)C. The first-order chi connectivity index (χ1) is 11.2. The Balaban J connectivity index is 1.76. The first-order valence-corrected chi connectivity index (χ1v) is 8.87. The standard InChI is InChI=1S/C18H21BrN2O3/c1-17(2)13-8-9-18(17,3)16(24)21(15(13)23)10-14(22)20-12-6-4-11(19)5-7-12/h4-7,13H,8-10H2,1-3H3,(H,20,22). The van der Waals surface area contributed by atoms with Crippen LogP contribution in [0.25, 0.3) is 0 Å². The Morgan fingerprint density at radius 3 is 2.50 bits per heavy atom. The zero-order valence-electron chi connectivity index (χ0n) is 14.1. The summed E-state index contributed by atoms with van der Waals surface area (Å²) in [4.78, 5) is 39.0. The van der Waals surface area contributed by atoms with E-state index in [1.54, 1.807) is 12.1 Å². The van der Waals surface area contributed by atoms with E-state index in [1.807, 2.05) is 32.9 Å². The molecule has 1 aromatic rings. The molecule has 24 heavy (non-hydrogen) atoms. The van der Waals surface area contributed by atoms with Gasteiger partial charge in [-0.05, 0) is 42.5 Å². The molecule has 1 N–H and O–H groups in total. The minimum absolute atomic E-state index is 0.194. The van der Waals surface area contributed by atoms with Gasteiger partial charge in [0, 0.05) is 16.1 Å². The molecule has 3 rings (SSSR count). The molecule has 0 aromatic heterocycles. The number of fused-ring (bicyclic) bond motifs is 2. The fourth-order valence-corrected chi connectivity index (χ4v) is 4.19. The Morgan fingerprint density at radius 2 is 1.88 bits per heavy atom. The number of hydrogen-bond donors (Lipinski definition) is 1. The Morgan fingerprint density at radius 1 is 1.25 bits per heavy atom. The summed E-state index contributed by atoms with van der Waals surface area (Å²) in [6, 6.07) is 7.15. The smallest absolute Gasteiger partial charge is 0.244 e. The third kappa shape index (κ3) is 2.48. The molecule has 1 saturated heterocycles. The Labute approximate surface area is 149 Å². The summed E-state index contributed by atoms with van der Waals surface area (Å²) in [5.41, 5.74) is -0.307. The summed E-state index contributed by atoms with van der Waals surface area (Å²) in [6.45, 7) is 5.66. The lowest BCUT2D eigenvalue weighted by Crippen LogP contribution is -2.60. The third-order valence-electron chi connectivity index (χ3n) is 5.94. The number of piperidine rings is 1. The quantitative estimate of drug-likeness (QED) is 0.803. The molecule has 1 aliphatic heterocycles. The number of carbonyl (C=O) groups excluding carboxylic acids is 3. The maximum Gasteiger partial charge on any atom is 0.244 e. The van der Waals surface area contributed by atoms with Gasteiger partial charge in [-0.15, -0.1) is 0 Å². The summed E-state index contributed by atoms with van der Waals surface area (Å²) in [7, 11) is 0. The number of halogens is 1. The molecule has 0 spiro atoms. The van der Waals surface area contributed by atoms with Crippen molar-refractivity contribution in [3.8, 4) is 0 Å². The maximum atomic E-state index is 12.9. The van der Waals surface area contributed by atoms with E-state index in [0.29, 0.717) is 18.5 Å². The molecular weight excluding hydrogens is 372 g/mol. The highest BCUT2D eigenvalue weighted by Crippen LogP contribution is 2.59. The molecule has 1 aliphatic carbocycles. The zero-order chi connectivity index (χ0) is 17.7. The van der Waals surface area contributed by atoms with Gasteiger partial charge in [0.2, 0.25) is 17.7 Å². The van der Waals surface area contributed by atoms with Crippen LogP contribution in [0.15, 0.2) is 28.7 Å². The highest BCUT2D eigenvalue weighted by molar-refractivity contribution is 9.10. The van der Waals surface area contributed by atoms with Gasteiger partial charge in [0.1, 0.15) is 6.54 Å². The van der Waals surface area contributed by atoms with Gasteiger partial charge in [0.15, 0.2) is 0 Å². The number of benzene rings is 1. The molecule has 2 bridgehead atoms. The monoisotopic (exact) mass is 392 g/mol. The summed E-state index contributed by atoms with van der Waals surface area (Å²) >= 11 is 3.33. The molecule has 0 radical (unpaired) electrons. The summed E-state index contributed by atoms with van der Waals surface area (Å²) in [5.74, 6) is -0.995. The second-order valence-corrected chi connectivity index (χ2v) is 8.35. The minimum Gasteiger partial charge on any atom is -0.325 e. The van der Waals surface area contributed by atoms with Crippen LogP contribution in [-0.2, 0) is 14.4 Å². The predicted molar refractivity (Wildman–Crippen MR) is 94.1 cm³/mol. The van der Waals surface area contributed by atoms with Crippen molar-refractivity contribution in [3.05, 3.63) is 28.7 Å². The van der Waals surface area contributed by atoms with Crippen LogP contribution < -0.4 is 5.32 Å². The highest BCUT2D eigenvalue weighted by Gasteiger charge is 2.64. The molecule has 3 amide bonds. The van der Waals surface area contributed by atoms with Crippen LogP contribution in [0.2, 0.25) is 0 Å².